The Bertz CT molecular complexity index is 1390. The summed E-state index contributed by atoms with van der Waals surface area (Å²) in [5.74, 6) is 0.807. The molecule has 1 saturated heterocycles. The van der Waals surface area contributed by atoms with Gasteiger partial charge in [-0.3, -0.25) is 0 Å². The first-order chi connectivity index (χ1) is 17.5. The van der Waals surface area contributed by atoms with Crippen LogP contribution in [0.5, 0.6) is 5.75 Å². The quantitative estimate of drug-likeness (QED) is 0.268. The molecule has 198 valence electrons. The van der Waals surface area contributed by atoms with E-state index in [-0.39, 0.29) is 0 Å². The van der Waals surface area contributed by atoms with Gasteiger partial charge >= 0.3 is 233 Å². The van der Waals surface area contributed by atoms with Crippen molar-refractivity contribution in [3.63, 3.8) is 0 Å². The van der Waals surface area contributed by atoms with E-state index in [1.807, 2.05) is 37.3 Å². The second kappa shape index (κ2) is 11.3. The Morgan fingerprint density at radius 1 is 0.811 bits per heavy atom. The first-order valence-electron chi connectivity index (χ1n) is 12.6. The number of halogens is 2. The fourth-order valence-electron chi connectivity index (χ4n) is 5.41. The van der Waals surface area contributed by atoms with Crippen LogP contribution in [0.15, 0.2) is 48.5 Å². The fourth-order valence-corrected chi connectivity index (χ4v) is 10.3. The number of para-hydroxylation sites is 1. The van der Waals surface area contributed by atoms with E-state index >= 15 is 0 Å². The summed E-state index contributed by atoms with van der Waals surface area (Å²) in [6, 6.07) is 16.9. The van der Waals surface area contributed by atoms with Crippen molar-refractivity contribution >= 4 is 45.5 Å². The molecule has 3 aromatic rings. The molecule has 0 bridgehead atoms. The van der Waals surface area contributed by atoms with Gasteiger partial charge < -0.3 is 0 Å². The van der Waals surface area contributed by atoms with Crippen molar-refractivity contribution in [2.24, 2.45) is 0 Å². The van der Waals surface area contributed by atoms with Gasteiger partial charge in [0.25, 0.3) is 0 Å². The van der Waals surface area contributed by atoms with Gasteiger partial charge in [-0.25, -0.2) is 0 Å². The Morgan fingerprint density at radius 2 is 1.27 bits per heavy atom. The number of hydrogen-bond acceptors (Lipinski definition) is 3. The Morgan fingerprint density at radius 3 is 1.73 bits per heavy atom. The number of aryl methyl sites for hydroxylation is 6. The Labute approximate surface area is 232 Å². The Balaban J connectivity index is 2.03. The zero-order valence-electron chi connectivity index (χ0n) is 22.7. The second-order valence-electron chi connectivity index (χ2n) is 9.68. The molecule has 1 aliphatic heterocycles. The van der Waals surface area contributed by atoms with Crippen LogP contribution >= 0.6 is 19.4 Å². The van der Waals surface area contributed by atoms with Crippen molar-refractivity contribution in [1.29, 1.82) is 0 Å². The van der Waals surface area contributed by atoms with Gasteiger partial charge in [-0.05, 0) is 0 Å². The van der Waals surface area contributed by atoms with Crippen LogP contribution < -0.4 is 14.5 Å². The average molecular weight is 625 g/mol. The van der Waals surface area contributed by atoms with Crippen molar-refractivity contribution in [2.75, 3.05) is 29.5 Å². The summed E-state index contributed by atoms with van der Waals surface area (Å²) < 4.78 is 10.3. The van der Waals surface area contributed by atoms with Crippen LogP contribution in [0, 0.1) is 41.5 Å². The monoisotopic (exact) mass is 624 g/mol. The predicted octanol–water partition coefficient (Wildman–Crippen LogP) is 7.93. The standard InChI is InChI=1S/C21H26N2.C10H10O.2ClH.Ru/c1-14-9-16(3)20(17(4)10-14)22-7-8-23(13-22)21-18(5)11-15(2)12-19(21)6;1-3-9-7-5-6-8-10(9)11-4-2;;;/h9-12H,7-8H2,1-6H3;3,5-8H,4H2,2H3;2*1H;/q;;;;+2/p-2. The molecule has 1 aliphatic rings. The number of rotatable bonds is 5. The van der Waals surface area contributed by atoms with Crippen molar-refractivity contribution in [2.45, 2.75) is 48.5 Å². The van der Waals surface area contributed by atoms with Gasteiger partial charge in [0, 0.05) is 0 Å². The number of benzene rings is 3. The van der Waals surface area contributed by atoms with Gasteiger partial charge in [0.05, 0.1) is 0 Å². The summed E-state index contributed by atoms with van der Waals surface area (Å²) in [5, 5.41) is 0. The van der Waals surface area contributed by atoms with Crippen molar-refractivity contribution in [1.82, 2.24) is 0 Å². The van der Waals surface area contributed by atoms with Crippen LogP contribution in [-0.4, -0.2) is 28.3 Å². The van der Waals surface area contributed by atoms with Gasteiger partial charge in [-0.2, -0.15) is 0 Å². The Kier molecular flexibility index (Phi) is 8.46. The van der Waals surface area contributed by atoms with Gasteiger partial charge in [-0.1, -0.05) is 0 Å². The molecule has 0 spiro atoms. The summed E-state index contributed by atoms with van der Waals surface area (Å²) in [6.07, 6.45) is 1.92. The summed E-state index contributed by atoms with van der Waals surface area (Å²) in [5.41, 5.74) is 10.7. The number of ether oxygens (including phenoxy) is 1. The Hall–Kier alpha value is -2.22. The molecule has 0 aliphatic carbocycles. The SMILES string of the molecule is CCOc1ccccc1C=[C]=[Ru]([Cl])([Cl])=[C]1N(c2c(C)cc(C)cc2C)CCN1c1c(C)cc(C)cc1C. The molecule has 0 unspecified atom stereocenters. The molecular weight excluding hydrogens is 588 g/mol. The molecular formula is C31H36Cl2N2ORu. The molecule has 1 fully saturated rings. The third-order valence-corrected chi connectivity index (χ3v) is 11.7. The summed E-state index contributed by atoms with van der Waals surface area (Å²) in [7, 11) is 14.8. The van der Waals surface area contributed by atoms with Crippen molar-refractivity contribution in [3.05, 3.63) is 87.5 Å². The third kappa shape index (κ3) is 5.79. The molecule has 0 radical (unpaired) electrons. The van der Waals surface area contributed by atoms with Crippen LogP contribution in [0.1, 0.15) is 45.9 Å². The van der Waals surface area contributed by atoms with E-state index in [2.05, 4.69) is 79.9 Å². The molecule has 0 atom stereocenters. The zero-order valence-corrected chi connectivity index (χ0v) is 26.0. The first-order valence-corrected chi connectivity index (χ1v) is 18.8. The first kappa shape index (κ1) is 27.8. The van der Waals surface area contributed by atoms with E-state index in [0.717, 1.165) is 28.8 Å². The van der Waals surface area contributed by atoms with Gasteiger partial charge in [-0.15, -0.1) is 0 Å². The van der Waals surface area contributed by atoms with Crippen molar-refractivity contribution in [3.8, 4) is 5.75 Å². The van der Waals surface area contributed by atoms with E-state index in [9.17, 15) is 0 Å². The van der Waals surface area contributed by atoms with Gasteiger partial charge in [0.1, 0.15) is 0 Å². The maximum absolute atomic E-state index is 7.41. The third-order valence-electron chi connectivity index (χ3n) is 6.54. The van der Waals surface area contributed by atoms with Crippen LogP contribution in [0.3, 0.4) is 0 Å². The van der Waals surface area contributed by atoms with Crippen LogP contribution in [-0.2, 0) is 11.9 Å². The van der Waals surface area contributed by atoms with E-state index in [4.69, 9.17) is 24.1 Å². The normalized spacial score (nSPS) is 14.1. The molecule has 0 N–H and O–H groups in total. The molecule has 37 heavy (non-hydrogen) atoms. The second-order valence-corrected chi connectivity index (χ2v) is 18.5. The van der Waals surface area contributed by atoms with Crippen LogP contribution in [0.4, 0.5) is 11.4 Å². The molecule has 1 heterocycles. The molecule has 6 heteroatoms. The fraction of sp³-hybridized carbons (Fsp3) is 0.323. The maximum atomic E-state index is 7.41. The molecule has 0 aromatic heterocycles. The van der Waals surface area contributed by atoms with Gasteiger partial charge in [0.2, 0.25) is 0 Å². The molecule has 0 amide bonds. The van der Waals surface area contributed by atoms with Crippen LogP contribution in [0.2, 0.25) is 0 Å². The summed E-state index contributed by atoms with van der Waals surface area (Å²) >= 11 is -3.67. The zero-order chi connectivity index (χ0) is 26.9. The van der Waals surface area contributed by atoms with Crippen LogP contribution in [0.25, 0.3) is 6.08 Å². The van der Waals surface area contributed by atoms with Gasteiger partial charge in [0.15, 0.2) is 0 Å². The van der Waals surface area contributed by atoms with E-state index < -0.39 is 11.9 Å². The topological polar surface area (TPSA) is 15.7 Å². The minimum absolute atomic E-state index is 0.592. The predicted molar refractivity (Wildman–Crippen MR) is 160 cm³/mol. The average Bonchev–Trinajstić information content (AvgIpc) is 3.22. The number of nitrogens with zero attached hydrogens (tertiary/aromatic N) is 2. The van der Waals surface area contributed by atoms with Crippen molar-refractivity contribution < 1.29 is 16.6 Å². The molecule has 3 aromatic carbocycles. The van der Waals surface area contributed by atoms with E-state index in [1.165, 1.54) is 44.8 Å². The molecule has 0 saturated carbocycles. The number of anilines is 2. The summed E-state index contributed by atoms with van der Waals surface area (Å²) in [4.78, 5) is 4.70. The van der Waals surface area contributed by atoms with E-state index in [1.54, 1.807) is 0 Å². The number of hydrogen-bond donors (Lipinski definition) is 0. The van der Waals surface area contributed by atoms with E-state index in [0.29, 0.717) is 6.61 Å². The molecule has 3 nitrogen and oxygen atoms in total. The molecule has 4 rings (SSSR count). The minimum atomic E-state index is -3.67. The summed E-state index contributed by atoms with van der Waals surface area (Å²) in [6.45, 7) is 17.2.